The molecule has 0 heterocycles. The van der Waals surface area contributed by atoms with Gasteiger partial charge in [-0.15, -0.1) is 0 Å². The molecule has 0 spiro atoms. The van der Waals surface area contributed by atoms with Gasteiger partial charge in [0.1, 0.15) is 5.75 Å². The van der Waals surface area contributed by atoms with Gasteiger partial charge in [-0.3, -0.25) is 0 Å². The zero-order valence-electron chi connectivity index (χ0n) is 12.4. The van der Waals surface area contributed by atoms with E-state index in [1.807, 2.05) is 45.0 Å². The minimum Gasteiger partial charge on any atom is -0.493 e. The molecule has 0 unspecified atom stereocenters. The summed E-state index contributed by atoms with van der Waals surface area (Å²) in [6.07, 6.45) is 0.795. The smallest absolute Gasteiger partial charge is 0.121 e. The van der Waals surface area contributed by atoms with E-state index in [4.69, 9.17) is 16.3 Å². The molecule has 21 heavy (non-hydrogen) atoms. The average Bonchev–Trinajstić information content (AvgIpc) is 2.42. The average molecular weight is 435 g/mol. The molecular formula is C17H19Br2ClO. The summed E-state index contributed by atoms with van der Waals surface area (Å²) < 4.78 is 7.72. The van der Waals surface area contributed by atoms with Crippen molar-refractivity contribution in [2.45, 2.75) is 27.2 Å². The second kappa shape index (κ2) is 9.50. The summed E-state index contributed by atoms with van der Waals surface area (Å²) in [5.41, 5.74) is 2.28. The summed E-state index contributed by atoms with van der Waals surface area (Å²) in [5.74, 6) is 0.837. The Kier molecular flexibility index (Phi) is 8.38. The molecule has 2 rings (SSSR count). The Labute approximate surface area is 148 Å². The van der Waals surface area contributed by atoms with Crippen molar-refractivity contribution in [1.82, 2.24) is 0 Å². The Bertz CT molecular complexity index is 565. The van der Waals surface area contributed by atoms with Crippen molar-refractivity contribution < 1.29 is 4.74 Å². The quantitative estimate of drug-likeness (QED) is 0.513. The molecule has 0 N–H and O–H groups in total. The van der Waals surface area contributed by atoms with E-state index < -0.39 is 0 Å². The molecule has 0 aliphatic rings. The molecule has 0 aromatic heterocycles. The van der Waals surface area contributed by atoms with Crippen LogP contribution in [0.1, 0.15) is 25.0 Å². The normalized spacial score (nSPS) is 9.81. The standard InChI is InChI=1S/C15H13Br2ClO.C2H6/c1-10-2-3-11(15(18)6-10)4-5-19-14-8-12(16)7-13(17)9-14;1-2/h2-3,6-9H,4-5H2,1H3;1-2H3. The zero-order valence-corrected chi connectivity index (χ0v) is 16.3. The lowest BCUT2D eigenvalue weighted by atomic mass is 10.1. The van der Waals surface area contributed by atoms with Crippen LogP contribution in [0.15, 0.2) is 45.3 Å². The second-order valence-electron chi connectivity index (χ2n) is 4.30. The van der Waals surface area contributed by atoms with Crippen molar-refractivity contribution in [2.24, 2.45) is 0 Å². The summed E-state index contributed by atoms with van der Waals surface area (Å²) in [4.78, 5) is 0. The van der Waals surface area contributed by atoms with Gasteiger partial charge in [0.25, 0.3) is 0 Å². The molecule has 2 aromatic rings. The third-order valence-corrected chi connectivity index (χ3v) is 3.95. The van der Waals surface area contributed by atoms with Gasteiger partial charge in [0.05, 0.1) is 6.61 Å². The summed E-state index contributed by atoms with van der Waals surface area (Å²) in [6.45, 7) is 6.64. The number of benzene rings is 2. The van der Waals surface area contributed by atoms with Gasteiger partial charge in [-0.2, -0.15) is 0 Å². The molecule has 4 heteroatoms. The fourth-order valence-corrected chi connectivity index (χ4v) is 3.33. The van der Waals surface area contributed by atoms with E-state index >= 15 is 0 Å². The van der Waals surface area contributed by atoms with E-state index in [2.05, 4.69) is 44.0 Å². The summed E-state index contributed by atoms with van der Waals surface area (Å²) in [6, 6.07) is 12.0. The van der Waals surface area contributed by atoms with Crippen molar-refractivity contribution in [3.63, 3.8) is 0 Å². The van der Waals surface area contributed by atoms with Crippen LogP contribution in [0.3, 0.4) is 0 Å². The van der Waals surface area contributed by atoms with Crippen LogP contribution < -0.4 is 4.74 Å². The lowest BCUT2D eigenvalue weighted by molar-refractivity contribution is 0.321. The van der Waals surface area contributed by atoms with Crippen molar-refractivity contribution in [3.8, 4) is 5.75 Å². The van der Waals surface area contributed by atoms with Crippen molar-refractivity contribution in [2.75, 3.05) is 6.61 Å². The fourth-order valence-electron chi connectivity index (χ4n) is 1.75. The van der Waals surface area contributed by atoms with Gasteiger partial charge in [0, 0.05) is 20.4 Å². The molecule has 0 saturated heterocycles. The molecule has 0 atom stereocenters. The lowest BCUT2D eigenvalue weighted by Crippen LogP contribution is -2.02. The maximum atomic E-state index is 6.19. The van der Waals surface area contributed by atoms with Crippen LogP contribution in [0.25, 0.3) is 0 Å². The zero-order chi connectivity index (χ0) is 15.8. The first-order valence-corrected chi connectivity index (χ1v) is 8.85. The lowest BCUT2D eigenvalue weighted by Gasteiger charge is -2.09. The van der Waals surface area contributed by atoms with Gasteiger partial charge in [-0.1, -0.05) is 69.4 Å². The highest BCUT2D eigenvalue weighted by Crippen LogP contribution is 2.25. The Morgan fingerprint density at radius 2 is 1.62 bits per heavy atom. The Morgan fingerprint density at radius 3 is 2.19 bits per heavy atom. The van der Waals surface area contributed by atoms with E-state index in [0.29, 0.717) is 6.61 Å². The Morgan fingerprint density at radius 1 is 1.00 bits per heavy atom. The molecule has 0 fully saturated rings. The fraction of sp³-hybridized carbons (Fsp3) is 0.294. The Hall–Kier alpha value is -0.510. The first-order valence-electron chi connectivity index (χ1n) is 6.88. The molecule has 1 nitrogen and oxygen atoms in total. The van der Waals surface area contributed by atoms with Crippen molar-refractivity contribution in [1.29, 1.82) is 0 Å². The molecule has 0 saturated carbocycles. The van der Waals surface area contributed by atoms with Crippen LogP contribution in [-0.4, -0.2) is 6.61 Å². The van der Waals surface area contributed by atoms with E-state index in [-0.39, 0.29) is 0 Å². The van der Waals surface area contributed by atoms with Gasteiger partial charge in [0.15, 0.2) is 0 Å². The van der Waals surface area contributed by atoms with E-state index in [9.17, 15) is 0 Å². The number of halogens is 3. The SMILES string of the molecule is CC.Cc1ccc(CCOc2cc(Br)cc(Br)c2)c(Cl)c1. The van der Waals surface area contributed by atoms with Gasteiger partial charge in [0.2, 0.25) is 0 Å². The van der Waals surface area contributed by atoms with E-state index in [0.717, 1.165) is 31.7 Å². The molecule has 0 aliphatic heterocycles. The molecule has 0 radical (unpaired) electrons. The monoisotopic (exact) mass is 432 g/mol. The molecule has 0 amide bonds. The largest absolute Gasteiger partial charge is 0.493 e. The second-order valence-corrected chi connectivity index (χ2v) is 6.54. The third-order valence-electron chi connectivity index (χ3n) is 2.68. The maximum absolute atomic E-state index is 6.19. The number of ether oxygens (including phenoxy) is 1. The van der Waals surface area contributed by atoms with Crippen LogP contribution in [0.4, 0.5) is 0 Å². The first kappa shape index (κ1) is 18.5. The van der Waals surface area contributed by atoms with Crippen LogP contribution in [0.2, 0.25) is 5.02 Å². The summed E-state index contributed by atoms with van der Waals surface area (Å²) >= 11 is 13.1. The summed E-state index contributed by atoms with van der Waals surface area (Å²) in [5, 5.41) is 0.805. The maximum Gasteiger partial charge on any atom is 0.121 e. The Balaban J connectivity index is 0.00000106. The minimum absolute atomic E-state index is 0.603. The number of hydrogen-bond donors (Lipinski definition) is 0. The first-order chi connectivity index (χ1) is 10.0. The molecular weight excluding hydrogens is 415 g/mol. The predicted molar refractivity (Wildman–Crippen MR) is 98.6 cm³/mol. The topological polar surface area (TPSA) is 9.23 Å². The highest BCUT2D eigenvalue weighted by atomic mass is 79.9. The highest BCUT2D eigenvalue weighted by molar-refractivity contribution is 9.11. The third kappa shape index (κ3) is 6.41. The number of hydrogen-bond acceptors (Lipinski definition) is 1. The number of aryl methyl sites for hydroxylation is 1. The molecule has 114 valence electrons. The molecule has 2 aromatic carbocycles. The van der Waals surface area contributed by atoms with Crippen LogP contribution in [0.5, 0.6) is 5.75 Å². The van der Waals surface area contributed by atoms with Crippen molar-refractivity contribution in [3.05, 3.63) is 61.5 Å². The highest BCUT2D eigenvalue weighted by Gasteiger charge is 2.02. The van der Waals surface area contributed by atoms with Gasteiger partial charge < -0.3 is 4.74 Å². The minimum atomic E-state index is 0.603. The van der Waals surface area contributed by atoms with Gasteiger partial charge in [-0.05, 0) is 42.3 Å². The van der Waals surface area contributed by atoms with Crippen LogP contribution in [0, 0.1) is 6.92 Å². The van der Waals surface area contributed by atoms with Gasteiger partial charge in [-0.25, -0.2) is 0 Å². The van der Waals surface area contributed by atoms with E-state index in [1.54, 1.807) is 0 Å². The molecule has 0 bridgehead atoms. The van der Waals surface area contributed by atoms with Gasteiger partial charge >= 0.3 is 0 Å². The number of rotatable bonds is 4. The van der Waals surface area contributed by atoms with Crippen molar-refractivity contribution >= 4 is 43.5 Å². The van der Waals surface area contributed by atoms with Crippen LogP contribution in [-0.2, 0) is 6.42 Å². The van der Waals surface area contributed by atoms with Crippen LogP contribution >= 0.6 is 43.5 Å². The molecule has 0 aliphatic carbocycles. The summed E-state index contributed by atoms with van der Waals surface area (Å²) in [7, 11) is 0. The van der Waals surface area contributed by atoms with E-state index in [1.165, 1.54) is 5.56 Å². The predicted octanol–water partition coefficient (Wildman–Crippen LogP) is 6.82.